The van der Waals surface area contributed by atoms with Gasteiger partial charge in [-0.3, -0.25) is 4.90 Å². The second-order valence-corrected chi connectivity index (χ2v) is 7.67. The third-order valence-electron chi connectivity index (χ3n) is 5.60. The molecule has 0 aliphatic carbocycles. The van der Waals surface area contributed by atoms with E-state index in [4.69, 9.17) is 4.74 Å². The van der Waals surface area contributed by atoms with Gasteiger partial charge in [0, 0.05) is 18.5 Å². The number of piperidine rings is 1. The van der Waals surface area contributed by atoms with E-state index in [1.807, 2.05) is 12.1 Å². The van der Waals surface area contributed by atoms with Crippen LogP contribution in [0.2, 0.25) is 0 Å². The van der Waals surface area contributed by atoms with E-state index in [1.54, 1.807) is 6.07 Å². The van der Waals surface area contributed by atoms with Crippen LogP contribution in [-0.2, 0) is 12.8 Å². The molecular weight excluding hydrogens is 310 g/mol. The molecule has 0 radical (unpaired) electrons. The molecule has 0 spiro atoms. The monoisotopic (exact) mass is 337 g/mol. The van der Waals surface area contributed by atoms with E-state index in [-0.39, 0.29) is 6.10 Å². The topological polar surface area (TPSA) is 32.7 Å². The first-order chi connectivity index (χ1) is 12.2. The minimum absolute atomic E-state index is 0.227. The summed E-state index contributed by atoms with van der Waals surface area (Å²) in [7, 11) is 0. The minimum atomic E-state index is 0.227. The van der Waals surface area contributed by atoms with E-state index in [0.29, 0.717) is 5.75 Å². The molecule has 1 saturated heterocycles. The Morgan fingerprint density at radius 2 is 1.84 bits per heavy atom. The molecule has 2 aromatic carbocycles. The number of nitrogens with zero attached hydrogens (tertiary/aromatic N) is 1. The van der Waals surface area contributed by atoms with Crippen LogP contribution in [0.3, 0.4) is 0 Å². The number of hydrogen-bond donors (Lipinski definition) is 1. The van der Waals surface area contributed by atoms with Crippen LogP contribution >= 0.6 is 0 Å². The summed E-state index contributed by atoms with van der Waals surface area (Å²) in [5.41, 5.74) is 3.95. The van der Waals surface area contributed by atoms with Crippen LogP contribution in [0.25, 0.3) is 0 Å². The zero-order valence-corrected chi connectivity index (χ0v) is 14.9. The largest absolute Gasteiger partial charge is 0.508 e. The van der Waals surface area contributed by atoms with E-state index in [2.05, 4.69) is 36.1 Å². The number of rotatable bonds is 4. The predicted molar refractivity (Wildman–Crippen MR) is 100 cm³/mol. The Labute approximate surface area is 150 Å². The first-order valence-corrected chi connectivity index (χ1v) is 9.42. The molecule has 0 bridgehead atoms. The van der Waals surface area contributed by atoms with Gasteiger partial charge in [-0.25, -0.2) is 0 Å². The quantitative estimate of drug-likeness (QED) is 0.917. The highest BCUT2D eigenvalue weighted by Gasteiger charge is 2.27. The Kier molecular flexibility index (Phi) is 4.67. The molecule has 2 aliphatic heterocycles. The summed E-state index contributed by atoms with van der Waals surface area (Å²) in [6.45, 7) is 5.47. The average Bonchev–Trinajstić information content (AvgIpc) is 3.00. The van der Waals surface area contributed by atoms with Crippen molar-refractivity contribution < 1.29 is 9.84 Å². The van der Waals surface area contributed by atoms with Crippen molar-refractivity contribution in [2.45, 2.75) is 38.7 Å². The molecule has 3 nitrogen and oxygen atoms in total. The maximum Gasteiger partial charge on any atom is 0.123 e. The molecule has 2 heterocycles. The molecule has 0 saturated carbocycles. The van der Waals surface area contributed by atoms with Gasteiger partial charge < -0.3 is 9.84 Å². The normalized spacial score (nSPS) is 21.1. The van der Waals surface area contributed by atoms with Crippen molar-refractivity contribution >= 4 is 0 Å². The van der Waals surface area contributed by atoms with Gasteiger partial charge >= 0.3 is 0 Å². The number of fused-ring (bicyclic) bond motifs is 1. The van der Waals surface area contributed by atoms with Gasteiger partial charge in [-0.05, 0) is 69.0 Å². The van der Waals surface area contributed by atoms with Crippen LogP contribution < -0.4 is 4.74 Å². The molecular formula is C22H27NO2. The number of ether oxygens (including phenoxy) is 1. The van der Waals surface area contributed by atoms with E-state index >= 15 is 0 Å². The molecule has 0 amide bonds. The molecule has 0 unspecified atom stereocenters. The lowest BCUT2D eigenvalue weighted by Gasteiger charge is -2.33. The fourth-order valence-corrected chi connectivity index (χ4v) is 4.13. The molecule has 4 rings (SSSR count). The van der Waals surface area contributed by atoms with Gasteiger partial charge in [0.1, 0.15) is 17.6 Å². The van der Waals surface area contributed by atoms with Crippen LogP contribution in [0.4, 0.5) is 0 Å². The second kappa shape index (κ2) is 7.09. The van der Waals surface area contributed by atoms with Crippen molar-refractivity contribution in [1.29, 1.82) is 0 Å². The Morgan fingerprint density at radius 3 is 2.60 bits per heavy atom. The van der Waals surface area contributed by atoms with E-state index < -0.39 is 0 Å². The molecule has 1 N–H and O–H groups in total. The number of phenols is 1. The lowest BCUT2D eigenvalue weighted by molar-refractivity contribution is 0.117. The van der Waals surface area contributed by atoms with Crippen LogP contribution in [0.1, 0.15) is 29.5 Å². The van der Waals surface area contributed by atoms with Gasteiger partial charge in [-0.15, -0.1) is 0 Å². The van der Waals surface area contributed by atoms with Crippen LogP contribution in [0.5, 0.6) is 11.5 Å². The molecule has 3 heteroatoms. The summed E-state index contributed by atoms with van der Waals surface area (Å²) in [6.07, 6.45) is 4.89. The highest BCUT2D eigenvalue weighted by Crippen LogP contribution is 2.32. The summed E-state index contributed by atoms with van der Waals surface area (Å²) in [5.74, 6) is 2.08. The maximum absolute atomic E-state index is 9.60. The smallest absolute Gasteiger partial charge is 0.123 e. The van der Waals surface area contributed by atoms with E-state index in [1.165, 1.54) is 30.4 Å². The van der Waals surface area contributed by atoms with Crippen LogP contribution in [0.15, 0.2) is 42.5 Å². The van der Waals surface area contributed by atoms with Gasteiger partial charge in [0.05, 0.1) is 0 Å². The maximum atomic E-state index is 9.60. The van der Waals surface area contributed by atoms with Crippen molar-refractivity contribution in [3.63, 3.8) is 0 Å². The molecule has 0 aromatic heterocycles. The first-order valence-electron chi connectivity index (χ1n) is 9.42. The minimum Gasteiger partial charge on any atom is -0.508 e. The number of phenolic OH excluding ortho intramolecular Hbond substituents is 1. The summed E-state index contributed by atoms with van der Waals surface area (Å²) in [4.78, 5) is 2.54. The fourth-order valence-electron chi connectivity index (χ4n) is 4.13. The Hall–Kier alpha value is -2.00. The van der Waals surface area contributed by atoms with Crippen molar-refractivity contribution in [2.75, 3.05) is 19.6 Å². The van der Waals surface area contributed by atoms with E-state index in [0.717, 1.165) is 43.3 Å². The summed E-state index contributed by atoms with van der Waals surface area (Å²) in [5, 5.41) is 9.60. The SMILES string of the molecule is Cc1ccc(CC2CCN(C[C@@H]3Cc4cc(O)ccc4O3)CC2)cc1. The number of hydrogen-bond acceptors (Lipinski definition) is 3. The third-order valence-corrected chi connectivity index (χ3v) is 5.60. The Balaban J connectivity index is 1.25. The summed E-state index contributed by atoms with van der Waals surface area (Å²) in [6, 6.07) is 14.4. The van der Waals surface area contributed by atoms with Crippen LogP contribution in [0, 0.1) is 12.8 Å². The Morgan fingerprint density at radius 1 is 1.08 bits per heavy atom. The lowest BCUT2D eigenvalue weighted by Crippen LogP contribution is -2.40. The molecule has 25 heavy (non-hydrogen) atoms. The highest BCUT2D eigenvalue weighted by molar-refractivity contribution is 5.42. The van der Waals surface area contributed by atoms with Gasteiger partial charge in [-0.2, -0.15) is 0 Å². The molecule has 132 valence electrons. The zero-order valence-electron chi connectivity index (χ0n) is 14.9. The fraction of sp³-hybridized carbons (Fsp3) is 0.455. The number of benzene rings is 2. The standard InChI is InChI=1S/C22H27NO2/c1-16-2-4-17(5-3-16)12-18-8-10-23(11-9-18)15-21-14-19-13-20(24)6-7-22(19)25-21/h2-7,13,18,21,24H,8-12,14-15H2,1H3/t21-/m0/s1. The first kappa shape index (κ1) is 16.5. The summed E-state index contributed by atoms with van der Waals surface area (Å²) < 4.78 is 6.05. The molecule has 2 aliphatic rings. The van der Waals surface area contributed by atoms with Crippen LogP contribution in [-0.4, -0.2) is 35.7 Å². The molecule has 1 atom stereocenters. The lowest BCUT2D eigenvalue weighted by atomic mass is 9.90. The van der Waals surface area contributed by atoms with Crippen molar-refractivity contribution in [3.8, 4) is 11.5 Å². The van der Waals surface area contributed by atoms with Crippen molar-refractivity contribution in [1.82, 2.24) is 4.90 Å². The van der Waals surface area contributed by atoms with Gasteiger partial charge in [0.2, 0.25) is 0 Å². The summed E-state index contributed by atoms with van der Waals surface area (Å²) >= 11 is 0. The van der Waals surface area contributed by atoms with Gasteiger partial charge in [0.15, 0.2) is 0 Å². The number of aromatic hydroxyl groups is 1. The second-order valence-electron chi connectivity index (χ2n) is 7.67. The predicted octanol–water partition coefficient (Wildman–Crippen LogP) is 3.96. The zero-order chi connectivity index (χ0) is 17.2. The Bertz CT molecular complexity index is 717. The van der Waals surface area contributed by atoms with Gasteiger partial charge in [-0.1, -0.05) is 29.8 Å². The number of likely N-dealkylation sites (tertiary alicyclic amines) is 1. The van der Waals surface area contributed by atoms with Gasteiger partial charge in [0.25, 0.3) is 0 Å². The van der Waals surface area contributed by atoms with Crippen molar-refractivity contribution in [3.05, 3.63) is 59.2 Å². The number of aryl methyl sites for hydroxylation is 1. The highest BCUT2D eigenvalue weighted by atomic mass is 16.5. The molecule has 2 aromatic rings. The van der Waals surface area contributed by atoms with Crippen molar-refractivity contribution in [2.24, 2.45) is 5.92 Å². The van der Waals surface area contributed by atoms with E-state index in [9.17, 15) is 5.11 Å². The average molecular weight is 337 g/mol. The molecule has 1 fully saturated rings. The third kappa shape index (κ3) is 3.98.